The molecule has 110 valence electrons. The van der Waals surface area contributed by atoms with Crippen LogP contribution >= 0.6 is 0 Å². The molecule has 1 aliphatic rings. The Morgan fingerprint density at radius 2 is 2.33 bits per heavy atom. The van der Waals surface area contributed by atoms with Crippen LogP contribution in [0.15, 0.2) is 18.2 Å². The van der Waals surface area contributed by atoms with Gasteiger partial charge in [-0.2, -0.15) is 5.26 Å². The zero-order chi connectivity index (χ0) is 15.6. The van der Waals surface area contributed by atoms with Gasteiger partial charge >= 0.3 is 5.97 Å². The lowest BCUT2D eigenvalue weighted by Crippen LogP contribution is -2.34. The van der Waals surface area contributed by atoms with Crippen LogP contribution in [0.1, 0.15) is 25.3 Å². The van der Waals surface area contributed by atoms with Gasteiger partial charge in [-0.25, -0.2) is 0 Å². The minimum atomic E-state index is -0.837. The van der Waals surface area contributed by atoms with Crippen molar-refractivity contribution in [3.05, 3.63) is 33.9 Å². The normalized spacial score (nSPS) is 21.0. The van der Waals surface area contributed by atoms with Crippen molar-refractivity contribution in [2.24, 2.45) is 5.41 Å². The lowest BCUT2D eigenvalue weighted by Gasteiger charge is -2.24. The monoisotopic (exact) mass is 289 g/mol. The molecular weight excluding hydrogens is 274 g/mol. The van der Waals surface area contributed by atoms with E-state index in [2.05, 4.69) is 0 Å². The van der Waals surface area contributed by atoms with Gasteiger partial charge in [-0.05, 0) is 25.0 Å². The predicted molar refractivity (Wildman–Crippen MR) is 75.0 cm³/mol. The number of carboxylic acid groups (broad SMARTS) is 1. The summed E-state index contributed by atoms with van der Waals surface area (Å²) in [7, 11) is 0. The van der Waals surface area contributed by atoms with Gasteiger partial charge in [0.25, 0.3) is 5.69 Å². The van der Waals surface area contributed by atoms with Crippen LogP contribution in [-0.4, -0.2) is 29.1 Å². The van der Waals surface area contributed by atoms with Crippen LogP contribution < -0.4 is 4.90 Å². The summed E-state index contributed by atoms with van der Waals surface area (Å²) in [5, 5.41) is 29.2. The van der Waals surface area contributed by atoms with Gasteiger partial charge in [0.1, 0.15) is 11.6 Å². The van der Waals surface area contributed by atoms with Crippen LogP contribution in [-0.2, 0) is 4.79 Å². The van der Waals surface area contributed by atoms with E-state index in [1.807, 2.05) is 11.8 Å². The number of rotatable bonds is 4. The molecule has 0 saturated carbocycles. The SMILES string of the molecule is CCC1(C(=O)O)CCN(c2ccc(C#N)c([N+](=O)[O-])c2)C1. The Morgan fingerprint density at radius 1 is 1.62 bits per heavy atom. The Hall–Kier alpha value is -2.62. The fourth-order valence-electron chi connectivity index (χ4n) is 2.67. The quantitative estimate of drug-likeness (QED) is 0.672. The first-order chi connectivity index (χ1) is 9.93. The molecule has 1 heterocycles. The number of nitro groups is 1. The Morgan fingerprint density at radius 3 is 2.81 bits per heavy atom. The second-order valence-electron chi connectivity index (χ2n) is 5.18. The smallest absolute Gasteiger partial charge is 0.311 e. The largest absolute Gasteiger partial charge is 0.481 e. The van der Waals surface area contributed by atoms with Crippen LogP contribution in [0.5, 0.6) is 0 Å². The van der Waals surface area contributed by atoms with Gasteiger partial charge in [0, 0.05) is 24.8 Å². The summed E-state index contributed by atoms with van der Waals surface area (Å²) in [6, 6.07) is 6.15. The van der Waals surface area contributed by atoms with Crippen molar-refractivity contribution < 1.29 is 14.8 Å². The maximum atomic E-state index is 11.4. The highest BCUT2D eigenvalue weighted by Gasteiger charge is 2.43. The van der Waals surface area contributed by atoms with Crippen LogP contribution in [0.2, 0.25) is 0 Å². The van der Waals surface area contributed by atoms with Crippen molar-refractivity contribution in [2.75, 3.05) is 18.0 Å². The molecule has 1 aromatic carbocycles. The summed E-state index contributed by atoms with van der Waals surface area (Å²) in [4.78, 5) is 23.6. The summed E-state index contributed by atoms with van der Waals surface area (Å²) in [6.45, 7) is 2.68. The molecule has 1 N–H and O–H groups in total. The molecule has 7 heteroatoms. The molecule has 0 spiro atoms. The van der Waals surface area contributed by atoms with Crippen LogP contribution in [0, 0.1) is 26.9 Å². The Bertz CT molecular complexity index is 638. The first-order valence-corrected chi connectivity index (χ1v) is 6.60. The van der Waals surface area contributed by atoms with E-state index in [1.54, 1.807) is 12.1 Å². The van der Waals surface area contributed by atoms with Gasteiger partial charge in [0.05, 0.1) is 10.3 Å². The van der Waals surface area contributed by atoms with E-state index in [4.69, 9.17) is 5.26 Å². The molecule has 1 fully saturated rings. The molecule has 0 aromatic heterocycles. The lowest BCUT2D eigenvalue weighted by molar-refractivity contribution is -0.385. The van der Waals surface area contributed by atoms with E-state index in [9.17, 15) is 20.0 Å². The highest BCUT2D eigenvalue weighted by Crippen LogP contribution is 2.37. The number of carboxylic acids is 1. The molecule has 1 aromatic rings. The maximum absolute atomic E-state index is 11.4. The average molecular weight is 289 g/mol. The number of nitriles is 1. The molecular formula is C14H15N3O4. The highest BCUT2D eigenvalue weighted by molar-refractivity contribution is 5.77. The van der Waals surface area contributed by atoms with Gasteiger partial charge in [0.15, 0.2) is 0 Å². The molecule has 21 heavy (non-hydrogen) atoms. The minimum Gasteiger partial charge on any atom is -0.481 e. The molecule has 0 amide bonds. The number of anilines is 1. The molecule has 1 aliphatic heterocycles. The molecule has 7 nitrogen and oxygen atoms in total. The van der Waals surface area contributed by atoms with E-state index < -0.39 is 16.3 Å². The van der Waals surface area contributed by atoms with E-state index in [-0.39, 0.29) is 11.3 Å². The summed E-state index contributed by atoms with van der Waals surface area (Å²) in [5.41, 5.74) is -0.470. The molecule has 0 radical (unpaired) electrons. The van der Waals surface area contributed by atoms with Crippen molar-refractivity contribution in [1.29, 1.82) is 5.26 Å². The van der Waals surface area contributed by atoms with Crippen molar-refractivity contribution >= 4 is 17.3 Å². The Labute approximate surface area is 121 Å². The molecule has 1 unspecified atom stereocenters. The summed E-state index contributed by atoms with van der Waals surface area (Å²) in [5.74, 6) is -0.837. The van der Waals surface area contributed by atoms with E-state index >= 15 is 0 Å². The summed E-state index contributed by atoms with van der Waals surface area (Å²) >= 11 is 0. The second-order valence-corrected chi connectivity index (χ2v) is 5.18. The fourth-order valence-corrected chi connectivity index (χ4v) is 2.67. The summed E-state index contributed by atoms with van der Waals surface area (Å²) in [6.07, 6.45) is 1.02. The van der Waals surface area contributed by atoms with E-state index in [1.165, 1.54) is 12.1 Å². The van der Waals surface area contributed by atoms with Gasteiger partial charge in [0.2, 0.25) is 0 Å². The zero-order valence-corrected chi connectivity index (χ0v) is 11.6. The van der Waals surface area contributed by atoms with Crippen LogP contribution in [0.4, 0.5) is 11.4 Å². The standard InChI is InChI=1S/C14H15N3O4/c1-2-14(13(18)19)5-6-16(9-14)11-4-3-10(8-15)12(7-11)17(20)21/h3-4,7H,2,5-6,9H2,1H3,(H,18,19). The lowest BCUT2D eigenvalue weighted by atomic mass is 9.84. The number of carbonyl (C=O) groups is 1. The van der Waals surface area contributed by atoms with E-state index in [0.29, 0.717) is 31.6 Å². The first kappa shape index (κ1) is 14.8. The van der Waals surface area contributed by atoms with Crippen LogP contribution in [0.3, 0.4) is 0 Å². The number of benzene rings is 1. The van der Waals surface area contributed by atoms with Crippen molar-refractivity contribution in [3.63, 3.8) is 0 Å². The highest BCUT2D eigenvalue weighted by atomic mass is 16.6. The number of nitro benzene ring substituents is 1. The van der Waals surface area contributed by atoms with Gasteiger partial charge < -0.3 is 10.0 Å². The molecule has 1 atom stereocenters. The third-order valence-corrected chi connectivity index (χ3v) is 4.15. The topological polar surface area (TPSA) is 107 Å². The van der Waals surface area contributed by atoms with Crippen molar-refractivity contribution in [3.8, 4) is 6.07 Å². The predicted octanol–water partition coefficient (Wildman–Crippen LogP) is 2.16. The van der Waals surface area contributed by atoms with Crippen LogP contribution in [0.25, 0.3) is 0 Å². The second kappa shape index (κ2) is 5.40. The molecule has 2 rings (SSSR count). The number of hydrogen-bond acceptors (Lipinski definition) is 5. The van der Waals surface area contributed by atoms with Gasteiger partial charge in [-0.3, -0.25) is 14.9 Å². The number of hydrogen-bond donors (Lipinski definition) is 1. The molecule has 0 bridgehead atoms. The maximum Gasteiger partial charge on any atom is 0.311 e. The first-order valence-electron chi connectivity index (χ1n) is 6.60. The van der Waals surface area contributed by atoms with E-state index in [0.717, 1.165) is 0 Å². The number of nitrogens with zero attached hydrogens (tertiary/aromatic N) is 3. The van der Waals surface area contributed by atoms with Gasteiger partial charge in [-0.1, -0.05) is 6.92 Å². The van der Waals surface area contributed by atoms with Gasteiger partial charge in [-0.15, -0.1) is 0 Å². The fraction of sp³-hybridized carbons (Fsp3) is 0.429. The minimum absolute atomic E-state index is 0.00272. The Kier molecular flexibility index (Phi) is 3.80. The third kappa shape index (κ3) is 2.52. The van der Waals surface area contributed by atoms with Crippen molar-refractivity contribution in [1.82, 2.24) is 0 Å². The third-order valence-electron chi connectivity index (χ3n) is 4.15. The zero-order valence-electron chi connectivity index (χ0n) is 11.6. The molecule has 1 saturated heterocycles. The average Bonchev–Trinajstić information content (AvgIpc) is 2.92. The summed E-state index contributed by atoms with van der Waals surface area (Å²) < 4.78 is 0. The Balaban J connectivity index is 2.33. The molecule has 0 aliphatic carbocycles. The number of aliphatic carboxylic acids is 1. The van der Waals surface area contributed by atoms with Crippen molar-refractivity contribution in [2.45, 2.75) is 19.8 Å².